The highest BCUT2D eigenvalue weighted by atomic mass is 32.2. The average Bonchev–Trinajstić information content (AvgIpc) is 2.32. The summed E-state index contributed by atoms with van der Waals surface area (Å²) in [6, 6.07) is 7.71. The Hall–Kier alpha value is -1.49. The molecule has 1 N–H and O–H groups in total. The highest BCUT2D eigenvalue weighted by molar-refractivity contribution is 8.00. The summed E-state index contributed by atoms with van der Waals surface area (Å²) in [5.74, 6) is -0.815. The maximum Gasteiger partial charge on any atom is 0.313 e. The number of carbonyl (C=O) groups excluding carboxylic acids is 1. The Bertz CT molecular complexity index is 417. The van der Waals surface area contributed by atoms with E-state index in [1.807, 2.05) is 38.1 Å². The fourth-order valence-corrected chi connectivity index (χ4v) is 2.14. The second-order valence-electron chi connectivity index (χ2n) is 3.86. The average molecular weight is 267 g/mol. The van der Waals surface area contributed by atoms with E-state index in [2.05, 4.69) is 0 Å². The molecule has 0 saturated heterocycles. The van der Waals surface area contributed by atoms with Crippen molar-refractivity contribution in [2.75, 3.05) is 23.0 Å². The number of aliphatic carboxylic acids is 1. The van der Waals surface area contributed by atoms with Crippen LogP contribution in [0.15, 0.2) is 24.3 Å². The van der Waals surface area contributed by atoms with E-state index in [4.69, 9.17) is 5.11 Å². The fraction of sp³-hybridized carbons (Fsp3) is 0.385. The van der Waals surface area contributed by atoms with E-state index in [-0.39, 0.29) is 17.4 Å². The van der Waals surface area contributed by atoms with Crippen LogP contribution in [0.3, 0.4) is 0 Å². The molecule has 1 rings (SSSR count). The molecule has 0 aromatic heterocycles. The molecule has 98 valence electrons. The van der Waals surface area contributed by atoms with Crippen molar-refractivity contribution in [2.45, 2.75) is 13.8 Å². The van der Waals surface area contributed by atoms with Gasteiger partial charge in [-0.1, -0.05) is 17.7 Å². The Morgan fingerprint density at radius 3 is 2.33 bits per heavy atom. The monoisotopic (exact) mass is 267 g/mol. The molecule has 0 bridgehead atoms. The summed E-state index contributed by atoms with van der Waals surface area (Å²) >= 11 is 1.12. The van der Waals surface area contributed by atoms with Crippen LogP contribution in [0.2, 0.25) is 0 Å². The third kappa shape index (κ3) is 4.41. The van der Waals surface area contributed by atoms with Gasteiger partial charge in [-0.15, -0.1) is 11.8 Å². The molecule has 1 aromatic carbocycles. The van der Waals surface area contributed by atoms with Crippen LogP contribution in [0.25, 0.3) is 0 Å². The molecule has 0 radical (unpaired) electrons. The van der Waals surface area contributed by atoms with Crippen molar-refractivity contribution in [1.82, 2.24) is 0 Å². The van der Waals surface area contributed by atoms with E-state index in [9.17, 15) is 9.59 Å². The number of carboxylic acid groups (broad SMARTS) is 1. The summed E-state index contributed by atoms with van der Waals surface area (Å²) in [6.07, 6.45) is 0. The minimum absolute atomic E-state index is 0.0445. The van der Waals surface area contributed by atoms with Gasteiger partial charge in [-0.3, -0.25) is 9.59 Å². The number of nitrogens with zero attached hydrogens (tertiary/aromatic N) is 1. The largest absolute Gasteiger partial charge is 0.481 e. The second kappa shape index (κ2) is 7.06. The van der Waals surface area contributed by atoms with Gasteiger partial charge in [0.15, 0.2) is 0 Å². The first-order valence-corrected chi connectivity index (χ1v) is 6.86. The van der Waals surface area contributed by atoms with Gasteiger partial charge in [0.25, 0.3) is 0 Å². The van der Waals surface area contributed by atoms with Crippen molar-refractivity contribution in [1.29, 1.82) is 0 Å². The van der Waals surface area contributed by atoms with E-state index >= 15 is 0 Å². The van der Waals surface area contributed by atoms with E-state index in [1.165, 1.54) is 0 Å². The molecule has 0 spiro atoms. The number of aryl methyl sites for hydroxylation is 1. The molecule has 0 unspecified atom stereocenters. The van der Waals surface area contributed by atoms with E-state index in [0.29, 0.717) is 6.54 Å². The molecule has 1 amide bonds. The van der Waals surface area contributed by atoms with Gasteiger partial charge in [0.05, 0.1) is 11.5 Å². The van der Waals surface area contributed by atoms with E-state index < -0.39 is 5.97 Å². The molecular formula is C13H17NO3S. The molecule has 0 aliphatic rings. The van der Waals surface area contributed by atoms with E-state index in [0.717, 1.165) is 23.0 Å². The second-order valence-corrected chi connectivity index (χ2v) is 4.85. The third-order valence-electron chi connectivity index (χ3n) is 2.41. The van der Waals surface area contributed by atoms with Crippen LogP contribution in [0.1, 0.15) is 12.5 Å². The number of rotatable bonds is 6. The molecule has 0 atom stereocenters. The Morgan fingerprint density at radius 2 is 1.83 bits per heavy atom. The number of anilines is 1. The number of thioether (sulfide) groups is 1. The number of carboxylic acids is 1. The van der Waals surface area contributed by atoms with Crippen molar-refractivity contribution in [3.63, 3.8) is 0 Å². The Balaban J connectivity index is 2.62. The van der Waals surface area contributed by atoms with Crippen molar-refractivity contribution in [2.24, 2.45) is 0 Å². The molecule has 1 aromatic rings. The highest BCUT2D eigenvalue weighted by Crippen LogP contribution is 2.16. The summed E-state index contributed by atoms with van der Waals surface area (Å²) in [6.45, 7) is 4.47. The quantitative estimate of drug-likeness (QED) is 0.858. The Labute approximate surface area is 111 Å². The summed E-state index contributed by atoms with van der Waals surface area (Å²) < 4.78 is 0. The third-order valence-corrected chi connectivity index (χ3v) is 3.32. The highest BCUT2D eigenvalue weighted by Gasteiger charge is 2.14. The molecule has 5 heteroatoms. The van der Waals surface area contributed by atoms with Crippen LogP contribution in [-0.4, -0.2) is 35.0 Å². The molecular weight excluding hydrogens is 250 g/mol. The zero-order chi connectivity index (χ0) is 13.5. The van der Waals surface area contributed by atoms with Crippen LogP contribution >= 0.6 is 11.8 Å². The molecule has 0 saturated carbocycles. The Kier molecular flexibility index (Phi) is 5.71. The lowest BCUT2D eigenvalue weighted by Gasteiger charge is -2.20. The van der Waals surface area contributed by atoms with Crippen LogP contribution in [-0.2, 0) is 9.59 Å². The van der Waals surface area contributed by atoms with Gasteiger partial charge in [-0.05, 0) is 26.0 Å². The number of hydrogen-bond donors (Lipinski definition) is 1. The van der Waals surface area contributed by atoms with Crippen molar-refractivity contribution in [3.05, 3.63) is 29.8 Å². The standard InChI is InChI=1S/C13H17NO3S/c1-3-14(11-6-4-10(2)5-7-11)12(15)8-18-9-13(16)17/h4-7H,3,8-9H2,1-2H3,(H,16,17). The normalized spacial score (nSPS) is 10.1. The minimum Gasteiger partial charge on any atom is -0.481 e. The number of benzene rings is 1. The van der Waals surface area contributed by atoms with Gasteiger partial charge in [-0.2, -0.15) is 0 Å². The predicted molar refractivity (Wildman–Crippen MR) is 74.2 cm³/mol. The maximum atomic E-state index is 12.0. The summed E-state index contributed by atoms with van der Waals surface area (Å²) in [5.41, 5.74) is 1.99. The molecule has 18 heavy (non-hydrogen) atoms. The van der Waals surface area contributed by atoms with Gasteiger partial charge in [0, 0.05) is 12.2 Å². The van der Waals surface area contributed by atoms with Crippen LogP contribution < -0.4 is 4.90 Å². The molecule has 0 aliphatic carbocycles. The SMILES string of the molecule is CCN(C(=O)CSCC(=O)O)c1ccc(C)cc1. The zero-order valence-corrected chi connectivity index (χ0v) is 11.4. The molecule has 4 nitrogen and oxygen atoms in total. The van der Waals surface area contributed by atoms with E-state index in [1.54, 1.807) is 4.90 Å². The van der Waals surface area contributed by atoms with Crippen molar-refractivity contribution in [3.8, 4) is 0 Å². The van der Waals surface area contributed by atoms with Crippen molar-refractivity contribution < 1.29 is 14.7 Å². The van der Waals surface area contributed by atoms with Gasteiger partial charge in [0.1, 0.15) is 0 Å². The lowest BCUT2D eigenvalue weighted by Crippen LogP contribution is -2.32. The van der Waals surface area contributed by atoms with Crippen LogP contribution in [0, 0.1) is 6.92 Å². The molecule has 0 aliphatic heterocycles. The summed E-state index contributed by atoms with van der Waals surface area (Å²) in [5, 5.41) is 8.52. The van der Waals surface area contributed by atoms with Gasteiger partial charge >= 0.3 is 5.97 Å². The van der Waals surface area contributed by atoms with Gasteiger partial charge in [-0.25, -0.2) is 0 Å². The zero-order valence-electron chi connectivity index (χ0n) is 10.5. The Morgan fingerprint density at radius 1 is 1.22 bits per heavy atom. The van der Waals surface area contributed by atoms with Crippen LogP contribution in [0.4, 0.5) is 5.69 Å². The number of carbonyl (C=O) groups is 2. The first-order valence-electron chi connectivity index (χ1n) is 5.71. The van der Waals surface area contributed by atoms with Crippen LogP contribution in [0.5, 0.6) is 0 Å². The number of amides is 1. The topological polar surface area (TPSA) is 57.6 Å². The first-order chi connectivity index (χ1) is 8.54. The maximum absolute atomic E-state index is 12.0. The molecule has 0 fully saturated rings. The summed E-state index contributed by atoms with van der Waals surface area (Å²) in [7, 11) is 0. The van der Waals surface area contributed by atoms with Crippen molar-refractivity contribution >= 4 is 29.3 Å². The molecule has 0 heterocycles. The lowest BCUT2D eigenvalue weighted by atomic mass is 10.2. The van der Waals surface area contributed by atoms with Gasteiger partial charge < -0.3 is 10.0 Å². The smallest absolute Gasteiger partial charge is 0.313 e. The summed E-state index contributed by atoms with van der Waals surface area (Å²) in [4.78, 5) is 24.0. The predicted octanol–water partition coefficient (Wildman–Crippen LogP) is 2.17. The fourth-order valence-electron chi connectivity index (χ4n) is 1.53. The lowest BCUT2D eigenvalue weighted by molar-refractivity contribution is -0.133. The number of hydrogen-bond acceptors (Lipinski definition) is 3. The first kappa shape index (κ1) is 14.6. The van der Waals surface area contributed by atoms with Gasteiger partial charge in [0.2, 0.25) is 5.91 Å². The minimum atomic E-state index is -0.897.